The van der Waals surface area contributed by atoms with Crippen LogP contribution in [0, 0.1) is 0 Å². The second kappa shape index (κ2) is 11.1. The number of methoxy groups -OCH3 is 2. The van der Waals surface area contributed by atoms with Gasteiger partial charge in [-0.2, -0.15) is 5.10 Å². The van der Waals surface area contributed by atoms with E-state index in [9.17, 15) is 9.59 Å². The topological polar surface area (TPSA) is 113 Å². The molecule has 0 radical (unpaired) electrons. The van der Waals surface area contributed by atoms with Crippen LogP contribution < -0.4 is 24.8 Å². The average molecular weight is 507 g/mol. The number of esters is 1. The highest BCUT2D eigenvalue weighted by molar-refractivity contribution is 6.08. The zero-order chi connectivity index (χ0) is 26.5. The molecular formula is C27H30N4O6. The summed E-state index contributed by atoms with van der Waals surface area (Å²) >= 11 is 0. The number of allylic oxidation sites excluding steroid dienone is 1. The molecule has 1 aromatic heterocycles. The van der Waals surface area contributed by atoms with E-state index in [0.29, 0.717) is 57.8 Å². The average Bonchev–Trinajstić information content (AvgIpc) is 3.32. The molecule has 4 rings (SSSR count). The predicted molar refractivity (Wildman–Crippen MR) is 138 cm³/mol. The number of hydrogen-bond donors (Lipinski definition) is 2. The number of nitrogens with one attached hydrogen (secondary N) is 2. The standard InChI is InChI=1S/C27H30N4O6/c1-6-36-18-10-8-17(9-11-18)30-26(32)21-15-28-31-24(20-14-19(34-4)12-13-22(20)35-5)23(27(33)37-7-2)16(3)29-25(21)31/h8-15,24,29H,6-7H2,1-5H3,(H,30,32)/t24-/m1/s1. The minimum atomic E-state index is -0.729. The molecule has 0 fully saturated rings. The predicted octanol–water partition coefficient (Wildman–Crippen LogP) is 4.40. The quantitative estimate of drug-likeness (QED) is 0.411. The summed E-state index contributed by atoms with van der Waals surface area (Å²) in [6.45, 7) is 6.17. The van der Waals surface area contributed by atoms with Crippen molar-refractivity contribution in [2.45, 2.75) is 26.8 Å². The van der Waals surface area contributed by atoms with Gasteiger partial charge in [0.05, 0.1) is 39.2 Å². The van der Waals surface area contributed by atoms with Crippen LogP contribution in [0.3, 0.4) is 0 Å². The molecule has 10 nitrogen and oxygen atoms in total. The Kier molecular flexibility index (Phi) is 7.66. The molecule has 0 bridgehead atoms. The number of rotatable bonds is 9. The fourth-order valence-corrected chi connectivity index (χ4v) is 4.23. The van der Waals surface area contributed by atoms with Gasteiger partial charge in [-0.05, 0) is 63.2 Å². The number of carbonyl (C=O) groups is 2. The van der Waals surface area contributed by atoms with Crippen molar-refractivity contribution in [1.29, 1.82) is 0 Å². The Balaban J connectivity index is 1.77. The Morgan fingerprint density at radius 1 is 1.03 bits per heavy atom. The zero-order valence-corrected chi connectivity index (χ0v) is 21.5. The molecule has 1 aliphatic rings. The summed E-state index contributed by atoms with van der Waals surface area (Å²) in [7, 11) is 3.11. The van der Waals surface area contributed by atoms with Crippen molar-refractivity contribution in [3.8, 4) is 17.2 Å². The van der Waals surface area contributed by atoms with Crippen LogP contribution in [0.15, 0.2) is 59.9 Å². The monoisotopic (exact) mass is 506 g/mol. The normalized spacial score (nSPS) is 14.4. The lowest BCUT2D eigenvalue weighted by Crippen LogP contribution is -2.30. The van der Waals surface area contributed by atoms with E-state index in [1.807, 2.05) is 6.92 Å². The van der Waals surface area contributed by atoms with E-state index in [1.165, 1.54) is 6.20 Å². The van der Waals surface area contributed by atoms with Crippen LogP contribution in [-0.4, -0.2) is 49.1 Å². The molecule has 3 aromatic rings. The van der Waals surface area contributed by atoms with Gasteiger partial charge in [0.25, 0.3) is 5.91 Å². The lowest BCUT2D eigenvalue weighted by Gasteiger charge is -2.30. The van der Waals surface area contributed by atoms with E-state index >= 15 is 0 Å². The summed E-state index contributed by atoms with van der Waals surface area (Å²) in [5, 5.41) is 10.6. The van der Waals surface area contributed by atoms with Gasteiger partial charge in [-0.1, -0.05) is 0 Å². The van der Waals surface area contributed by atoms with Crippen molar-refractivity contribution in [1.82, 2.24) is 9.78 Å². The maximum atomic E-state index is 13.3. The minimum Gasteiger partial charge on any atom is -0.497 e. The first-order chi connectivity index (χ1) is 17.9. The summed E-state index contributed by atoms with van der Waals surface area (Å²) in [5.41, 5.74) is 2.44. The smallest absolute Gasteiger partial charge is 0.338 e. The van der Waals surface area contributed by atoms with E-state index in [2.05, 4.69) is 15.7 Å². The van der Waals surface area contributed by atoms with Crippen molar-refractivity contribution >= 4 is 23.4 Å². The number of ether oxygens (including phenoxy) is 4. The number of fused-ring (bicyclic) bond motifs is 1. The molecule has 1 atom stereocenters. The van der Waals surface area contributed by atoms with Gasteiger partial charge in [0.1, 0.15) is 34.7 Å². The Hall–Kier alpha value is -4.47. The molecule has 10 heteroatoms. The van der Waals surface area contributed by atoms with E-state index in [1.54, 1.807) is 75.2 Å². The molecular weight excluding hydrogens is 476 g/mol. The minimum absolute atomic E-state index is 0.208. The Labute approximate surface area is 215 Å². The number of hydrogen-bond acceptors (Lipinski definition) is 8. The first-order valence-electron chi connectivity index (χ1n) is 11.9. The first-order valence-corrected chi connectivity index (χ1v) is 11.9. The number of benzene rings is 2. The maximum absolute atomic E-state index is 13.3. The Morgan fingerprint density at radius 3 is 2.41 bits per heavy atom. The number of anilines is 2. The summed E-state index contributed by atoms with van der Waals surface area (Å²) in [5.74, 6) is 1.41. The van der Waals surface area contributed by atoms with E-state index in [0.717, 1.165) is 0 Å². The number of nitrogens with zero attached hydrogens (tertiary/aromatic N) is 2. The fourth-order valence-electron chi connectivity index (χ4n) is 4.23. The molecule has 0 spiro atoms. The van der Waals surface area contributed by atoms with Crippen molar-refractivity contribution in [2.75, 3.05) is 38.1 Å². The van der Waals surface area contributed by atoms with E-state index in [4.69, 9.17) is 18.9 Å². The van der Waals surface area contributed by atoms with Gasteiger partial charge < -0.3 is 29.6 Å². The van der Waals surface area contributed by atoms with Crippen molar-refractivity contribution < 1.29 is 28.5 Å². The van der Waals surface area contributed by atoms with Crippen LogP contribution in [0.5, 0.6) is 17.2 Å². The highest BCUT2D eigenvalue weighted by atomic mass is 16.5. The van der Waals surface area contributed by atoms with Crippen LogP contribution in [0.4, 0.5) is 11.5 Å². The number of amides is 1. The highest BCUT2D eigenvalue weighted by Gasteiger charge is 2.37. The van der Waals surface area contributed by atoms with Gasteiger partial charge in [-0.25, -0.2) is 9.48 Å². The number of carbonyl (C=O) groups excluding carboxylic acids is 2. The Bertz CT molecular complexity index is 1330. The maximum Gasteiger partial charge on any atom is 0.338 e. The van der Waals surface area contributed by atoms with Gasteiger partial charge in [0.2, 0.25) is 0 Å². The van der Waals surface area contributed by atoms with E-state index in [-0.39, 0.29) is 12.5 Å². The first kappa shape index (κ1) is 25.6. The third kappa shape index (κ3) is 5.09. The van der Waals surface area contributed by atoms with Gasteiger partial charge in [-0.15, -0.1) is 0 Å². The summed E-state index contributed by atoms with van der Waals surface area (Å²) in [6, 6.07) is 11.7. The van der Waals surface area contributed by atoms with Crippen LogP contribution in [0.25, 0.3) is 0 Å². The third-order valence-corrected chi connectivity index (χ3v) is 5.92. The highest BCUT2D eigenvalue weighted by Crippen LogP contribution is 2.42. The molecule has 2 N–H and O–H groups in total. The zero-order valence-electron chi connectivity index (χ0n) is 21.5. The summed E-state index contributed by atoms with van der Waals surface area (Å²) in [4.78, 5) is 26.4. The summed E-state index contributed by atoms with van der Waals surface area (Å²) < 4.78 is 23.5. The van der Waals surface area contributed by atoms with Crippen LogP contribution in [0.1, 0.15) is 42.7 Å². The van der Waals surface area contributed by atoms with Crippen molar-refractivity contribution in [3.63, 3.8) is 0 Å². The fraction of sp³-hybridized carbons (Fsp3) is 0.296. The molecule has 0 saturated carbocycles. The van der Waals surface area contributed by atoms with Crippen LogP contribution in [-0.2, 0) is 9.53 Å². The third-order valence-electron chi connectivity index (χ3n) is 5.92. The van der Waals surface area contributed by atoms with Crippen molar-refractivity contribution in [2.24, 2.45) is 0 Å². The molecule has 0 aliphatic carbocycles. The number of aromatic nitrogens is 2. The van der Waals surface area contributed by atoms with Gasteiger partial charge >= 0.3 is 5.97 Å². The molecule has 2 aromatic carbocycles. The molecule has 1 amide bonds. The van der Waals surface area contributed by atoms with Gasteiger partial charge in [-0.3, -0.25) is 4.79 Å². The van der Waals surface area contributed by atoms with Crippen molar-refractivity contribution in [3.05, 3.63) is 71.1 Å². The van der Waals surface area contributed by atoms with Crippen LogP contribution >= 0.6 is 0 Å². The second-order valence-corrected chi connectivity index (χ2v) is 8.16. The van der Waals surface area contributed by atoms with Crippen LogP contribution in [0.2, 0.25) is 0 Å². The van der Waals surface area contributed by atoms with Gasteiger partial charge in [0, 0.05) is 16.9 Å². The lowest BCUT2D eigenvalue weighted by atomic mass is 9.94. The largest absolute Gasteiger partial charge is 0.497 e. The van der Waals surface area contributed by atoms with E-state index < -0.39 is 12.0 Å². The molecule has 37 heavy (non-hydrogen) atoms. The molecule has 1 aliphatic heterocycles. The van der Waals surface area contributed by atoms with Gasteiger partial charge in [0.15, 0.2) is 0 Å². The molecule has 194 valence electrons. The molecule has 2 heterocycles. The second-order valence-electron chi connectivity index (χ2n) is 8.16. The lowest BCUT2D eigenvalue weighted by molar-refractivity contribution is -0.139. The molecule has 0 saturated heterocycles. The Morgan fingerprint density at radius 2 is 1.76 bits per heavy atom. The molecule has 0 unspecified atom stereocenters. The SMILES string of the molecule is CCOC(=O)C1=C(C)Nc2c(C(=O)Nc3ccc(OCC)cc3)cnn2[C@@H]1c1cc(OC)ccc1OC. The summed E-state index contributed by atoms with van der Waals surface area (Å²) in [6.07, 6.45) is 1.47.